The third kappa shape index (κ3) is 8.02. The second kappa shape index (κ2) is 12.8. The number of carbonyl (C=O) groups is 2. The average Bonchev–Trinajstić information content (AvgIpc) is 2.86. The fraction of sp³-hybridized carbons (Fsp3) is 0.500. The lowest BCUT2D eigenvalue weighted by Gasteiger charge is -2.48. The summed E-state index contributed by atoms with van der Waals surface area (Å²) >= 11 is 3.05. The van der Waals surface area contributed by atoms with Crippen LogP contribution in [-0.4, -0.2) is 84.9 Å². The summed E-state index contributed by atoms with van der Waals surface area (Å²) in [7, 11) is 0. The third-order valence-electron chi connectivity index (χ3n) is 7.61. The lowest BCUT2D eigenvalue weighted by Crippen LogP contribution is -2.63. The van der Waals surface area contributed by atoms with Crippen LogP contribution in [0.25, 0.3) is 0 Å². The van der Waals surface area contributed by atoms with E-state index in [0.29, 0.717) is 12.5 Å². The summed E-state index contributed by atoms with van der Waals surface area (Å²) in [6.45, 7) is 7.95. The van der Waals surface area contributed by atoms with Gasteiger partial charge in [0.05, 0.1) is 5.56 Å². The Morgan fingerprint density at radius 2 is 1.69 bits per heavy atom. The fourth-order valence-electron chi connectivity index (χ4n) is 5.26. The second-order valence-electron chi connectivity index (χ2n) is 10.3. The Balaban J connectivity index is 1.29. The highest BCUT2D eigenvalue weighted by molar-refractivity contribution is 9.10. The molecule has 0 saturated carbocycles. The van der Waals surface area contributed by atoms with E-state index in [2.05, 4.69) is 31.0 Å². The molecule has 0 aliphatic carbocycles. The number of alkyl halides is 3. The van der Waals surface area contributed by atoms with Crippen LogP contribution in [0.5, 0.6) is 0 Å². The molecule has 4 rings (SSSR count). The van der Waals surface area contributed by atoms with Crippen molar-refractivity contribution in [3.8, 4) is 0 Å². The van der Waals surface area contributed by atoms with E-state index in [9.17, 15) is 27.2 Å². The molecule has 2 heterocycles. The van der Waals surface area contributed by atoms with Crippen LogP contribution in [0.1, 0.15) is 47.2 Å². The van der Waals surface area contributed by atoms with E-state index in [1.54, 1.807) is 19.1 Å². The maximum absolute atomic E-state index is 13.5. The Morgan fingerprint density at radius 1 is 1.03 bits per heavy atom. The highest BCUT2D eigenvalue weighted by atomic mass is 79.9. The fourth-order valence-corrected chi connectivity index (χ4v) is 5.75. The van der Waals surface area contributed by atoms with Crippen molar-refractivity contribution in [2.24, 2.45) is 0 Å². The number of halogens is 5. The molecule has 0 radical (unpaired) electrons. The minimum atomic E-state index is -4.55. The van der Waals surface area contributed by atoms with Gasteiger partial charge in [-0.2, -0.15) is 13.2 Å². The topological polar surface area (TPSA) is 55.9 Å². The van der Waals surface area contributed by atoms with E-state index in [4.69, 9.17) is 0 Å². The maximum Gasteiger partial charge on any atom is 0.416 e. The second-order valence-corrected chi connectivity index (χ2v) is 11.2. The molecule has 2 aliphatic heterocycles. The normalized spacial score (nSPS) is 18.1. The number of nitrogens with zero attached hydrogens (tertiary/aromatic N) is 3. The number of piperazine rings is 1. The zero-order valence-electron chi connectivity index (χ0n) is 21.8. The molecule has 1 atom stereocenters. The van der Waals surface area contributed by atoms with E-state index in [-0.39, 0.29) is 34.2 Å². The Morgan fingerprint density at radius 3 is 2.31 bits per heavy atom. The summed E-state index contributed by atoms with van der Waals surface area (Å²) in [4.78, 5) is 30.9. The van der Waals surface area contributed by atoms with Crippen molar-refractivity contribution in [1.82, 2.24) is 20.0 Å². The quantitative estimate of drug-likeness (QED) is 0.415. The van der Waals surface area contributed by atoms with Gasteiger partial charge in [0.25, 0.3) is 5.91 Å². The van der Waals surface area contributed by atoms with E-state index < -0.39 is 17.6 Å². The summed E-state index contributed by atoms with van der Waals surface area (Å²) in [5.41, 5.74) is 0.00970. The smallest absolute Gasteiger partial charge is 0.352 e. The molecule has 11 heteroatoms. The monoisotopic (exact) mass is 612 g/mol. The number of likely N-dealkylation sites (tertiary alicyclic amines) is 1. The molecule has 2 fully saturated rings. The van der Waals surface area contributed by atoms with Crippen LogP contribution in [0.2, 0.25) is 0 Å². The number of benzene rings is 2. The van der Waals surface area contributed by atoms with Crippen molar-refractivity contribution in [3.05, 3.63) is 69.4 Å². The molecule has 6 nitrogen and oxygen atoms in total. The van der Waals surface area contributed by atoms with E-state index in [0.717, 1.165) is 69.9 Å². The number of rotatable bonds is 9. The highest BCUT2D eigenvalue weighted by Crippen LogP contribution is 2.32. The maximum atomic E-state index is 13.5. The largest absolute Gasteiger partial charge is 0.416 e. The molecule has 1 N–H and O–H groups in total. The van der Waals surface area contributed by atoms with Gasteiger partial charge in [0.1, 0.15) is 5.82 Å². The molecule has 2 aliphatic rings. The van der Waals surface area contributed by atoms with Gasteiger partial charge in [-0.3, -0.25) is 14.5 Å². The molecule has 0 aromatic heterocycles. The first-order valence-electron chi connectivity index (χ1n) is 13.1. The molecule has 0 spiro atoms. The molecule has 2 aromatic carbocycles. The van der Waals surface area contributed by atoms with E-state index in [1.807, 2.05) is 4.90 Å². The number of nitrogens with one attached hydrogen (secondary N) is 1. The van der Waals surface area contributed by atoms with Gasteiger partial charge < -0.3 is 15.1 Å². The Bertz CT molecular complexity index is 1150. The summed E-state index contributed by atoms with van der Waals surface area (Å²) < 4.78 is 53.1. The summed E-state index contributed by atoms with van der Waals surface area (Å²) in [5, 5.41) is 2.74. The molecule has 0 unspecified atom stereocenters. The van der Waals surface area contributed by atoms with Crippen LogP contribution >= 0.6 is 15.9 Å². The lowest BCUT2D eigenvalue weighted by atomic mass is 9.91. The first-order valence-corrected chi connectivity index (χ1v) is 13.9. The van der Waals surface area contributed by atoms with Crippen molar-refractivity contribution in [1.29, 1.82) is 0 Å². The Kier molecular flexibility index (Phi) is 9.66. The number of hydrogen-bond donors (Lipinski definition) is 1. The average molecular weight is 613 g/mol. The van der Waals surface area contributed by atoms with Crippen LogP contribution < -0.4 is 5.32 Å². The molecule has 0 bridgehead atoms. The van der Waals surface area contributed by atoms with Gasteiger partial charge in [0, 0.05) is 68.8 Å². The Labute approximate surface area is 234 Å². The lowest BCUT2D eigenvalue weighted by molar-refractivity contribution is -0.137. The predicted molar refractivity (Wildman–Crippen MR) is 144 cm³/mol. The molecule has 212 valence electrons. The van der Waals surface area contributed by atoms with Crippen molar-refractivity contribution >= 4 is 27.7 Å². The summed E-state index contributed by atoms with van der Waals surface area (Å²) in [6.07, 6.45) is -3.17. The van der Waals surface area contributed by atoms with Gasteiger partial charge >= 0.3 is 6.18 Å². The number of carbonyl (C=O) groups excluding carboxylic acids is 2. The van der Waals surface area contributed by atoms with Gasteiger partial charge in [-0.25, -0.2) is 4.39 Å². The van der Waals surface area contributed by atoms with Crippen molar-refractivity contribution in [2.75, 3.05) is 52.4 Å². The van der Waals surface area contributed by atoms with Crippen molar-refractivity contribution in [2.45, 2.75) is 37.9 Å². The first-order chi connectivity index (χ1) is 18.5. The summed E-state index contributed by atoms with van der Waals surface area (Å²) in [5.74, 6) is -0.723. The first kappa shape index (κ1) is 29.5. The standard InChI is InChI=1S/C28H33BrF4N4O2/c1-19(38)36-10-12-37(13-11-36)26-17-35(18-26)9-7-21(20-2-4-25(30)5-3-20)6-8-34-27(39)22-14-23(28(31,32)33)16-24(29)15-22/h2-5,14-16,21,26H,6-13,17-18H2,1H3,(H,34,39)/t21-/m0/s1. The SMILES string of the molecule is CC(=O)N1CCN(C2CN(CC[C@H](CCNC(=O)c3cc(Br)cc(C(F)(F)F)c3)c3ccc(F)cc3)C2)CC1. The van der Waals surface area contributed by atoms with Crippen LogP contribution in [0, 0.1) is 5.82 Å². The number of amides is 2. The predicted octanol–water partition coefficient (Wildman–Crippen LogP) is 4.75. The van der Waals surface area contributed by atoms with Gasteiger partial charge in [-0.1, -0.05) is 28.1 Å². The molecule has 2 aromatic rings. The summed E-state index contributed by atoms with van der Waals surface area (Å²) in [6, 6.07) is 9.96. The molecule has 39 heavy (non-hydrogen) atoms. The van der Waals surface area contributed by atoms with Crippen LogP contribution in [0.15, 0.2) is 46.9 Å². The zero-order chi connectivity index (χ0) is 28.2. The molecular weight excluding hydrogens is 580 g/mol. The Hall–Kier alpha value is -2.50. The molecular formula is C28H33BrF4N4O2. The van der Waals surface area contributed by atoms with Gasteiger partial charge in [-0.05, 0) is 61.2 Å². The van der Waals surface area contributed by atoms with E-state index >= 15 is 0 Å². The minimum Gasteiger partial charge on any atom is -0.352 e. The van der Waals surface area contributed by atoms with Crippen LogP contribution in [-0.2, 0) is 11.0 Å². The van der Waals surface area contributed by atoms with Gasteiger partial charge in [0.2, 0.25) is 5.91 Å². The van der Waals surface area contributed by atoms with Crippen LogP contribution in [0.3, 0.4) is 0 Å². The van der Waals surface area contributed by atoms with Gasteiger partial charge in [0.15, 0.2) is 0 Å². The van der Waals surface area contributed by atoms with Crippen molar-refractivity contribution in [3.63, 3.8) is 0 Å². The van der Waals surface area contributed by atoms with Crippen molar-refractivity contribution < 1.29 is 27.2 Å². The number of hydrogen-bond acceptors (Lipinski definition) is 4. The highest BCUT2D eigenvalue weighted by Gasteiger charge is 2.34. The zero-order valence-corrected chi connectivity index (χ0v) is 23.4. The molecule has 2 amide bonds. The van der Waals surface area contributed by atoms with Crippen LogP contribution in [0.4, 0.5) is 17.6 Å². The third-order valence-corrected chi connectivity index (χ3v) is 8.07. The minimum absolute atomic E-state index is 0.0531. The molecule has 2 saturated heterocycles. The van der Waals surface area contributed by atoms with E-state index in [1.165, 1.54) is 18.2 Å². The van der Waals surface area contributed by atoms with Gasteiger partial charge in [-0.15, -0.1) is 0 Å².